The van der Waals surface area contributed by atoms with Crippen LogP contribution in [0.1, 0.15) is 17.5 Å². The van der Waals surface area contributed by atoms with Crippen LogP contribution in [0.2, 0.25) is 0 Å². The zero-order chi connectivity index (χ0) is 26.9. The van der Waals surface area contributed by atoms with Crippen molar-refractivity contribution in [2.45, 2.75) is 6.42 Å². The molecule has 4 aromatic rings. The van der Waals surface area contributed by atoms with Gasteiger partial charge in [0.25, 0.3) is 0 Å². The van der Waals surface area contributed by atoms with Crippen LogP contribution in [0.25, 0.3) is 34.0 Å². The summed E-state index contributed by atoms with van der Waals surface area (Å²) in [7, 11) is 0. The molecular formula is C33H30N4O2. The number of hydrogen-bond acceptors (Lipinski definition) is 4. The van der Waals surface area contributed by atoms with Crippen molar-refractivity contribution in [2.75, 3.05) is 26.2 Å². The SMILES string of the molecule is O=C(/C=C/C=C/c1cnc2ccccc2c1)N1CCCN(C(=O)/C=C/C=C/c2cnc3ccccc3c2)CC1. The Morgan fingerprint density at radius 1 is 0.615 bits per heavy atom. The van der Waals surface area contributed by atoms with E-state index >= 15 is 0 Å². The summed E-state index contributed by atoms with van der Waals surface area (Å²) < 4.78 is 0. The van der Waals surface area contributed by atoms with Crippen LogP contribution < -0.4 is 0 Å². The van der Waals surface area contributed by atoms with Gasteiger partial charge < -0.3 is 9.80 Å². The Bertz CT molecular complexity index is 1480. The lowest BCUT2D eigenvalue weighted by atomic mass is 10.1. The second kappa shape index (κ2) is 12.6. The molecule has 5 rings (SSSR count). The Kier molecular flexibility index (Phi) is 8.34. The predicted octanol–water partition coefficient (Wildman–Crippen LogP) is 5.68. The van der Waals surface area contributed by atoms with Crippen molar-refractivity contribution in [3.63, 3.8) is 0 Å². The van der Waals surface area contributed by atoms with E-state index in [1.165, 1.54) is 0 Å². The van der Waals surface area contributed by atoms with Crippen LogP contribution in [0.15, 0.2) is 110 Å². The van der Waals surface area contributed by atoms with E-state index in [1.807, 2.05) is 85.2 Å². The third-order valence-electron chi connectivity index (χ3n) is 6.62. The first kappa shape index (κ1) is 25.8. The molecule has 1 saturated heterocycles. The molecule has 2 amide bonds. The molecule has 0 saturated carbocycles. The number of pyridine rings is 2. The molecule has 0 atom stereocenters. The maximum absolute atomic E-state index is 12.7. The highest BCUT2D eigenvalue weighted by Crippen LogP contribution is 2.15. The molecular weight excluding hydrogens is 484 g/mol. The maximum Gasteiger partial charge on any atom is 0.246 e. The lowest BCUT2D eigenvalue weighted by Gasteiger charge is -2.20. The number of rotatable bonds is 6. The van der Waals surface area contributed by atoms with E-state index in [0.717, 1.165) is 39.4 Å². The molecule has 3 heterocycles. The summed E-state index contributed by atoms with van der Waals surface area (Å²) in [6, 6.07) is 20.1. The minimum Gasteiger partial charge on any atom is -0.337 e. The lowest BCUT2D eigenvalue weighted by Crippen LogP contribution is -2.36. The Morgan fingerprint density at radius 3 is 1.56 bits per heavy atom. The fourth-order valence-electron chi connectivity index (χ4n) is 4.54. The fraction of sp³-hybridized carbons (Fsp3) is 0.152. The summed E-state index contributed by atoms with van der Waals surface area (Å²) >= 11 is 0. The number of allylic oxidation sites excluding steroid dienone is 4. The average Bonchev–Trinajstić information content (AvgIpc) is 3.24. The largest absolute Gasteiger partial charge is 0.337 e. The van der Waals surface area contributed by atoms with E-state index in [-0.39, 0.29) is 11.8 Å². The van der Waals surface area contributed by atoms with Gasteiger partial charge in [-0.1, -0.05) is 72.9 Å². The Labute approximate surface area is 228 Å². The summed E-state index contributed by atoms with van der Waals surface area (Å²) in [5, 5.41) is 2.16. The van der Waals surface area contributed by atoms with Crippen LogP contribution in [0.3, 0.4) is 0 Å². The van der Waals surface area contributed by atoms with Crippen molar-refractivity contribution in [3.8, 4) is 0 Å². The van der Waals surface area contributed by atoms with Gasteiger partial charge in [-0.05, 0) is 41.8 Å². The van der Waals surface area contributed by atoms with Gasteiger partial charge in [-0.15, -0.1) is 0 Å². The van der Waals surface area contributed by atoms with Crippen LogP contribution in [-0.4, -0.2) is 57.8 Å². The van der Waals surface area contributed by atoms with E-state index in [2.05, 4.69) is 22.1 Å². The molecule has 6 heteroatoms. The second-order valence-electron chi connectivity index (χ2n) is 9.36. The number of carbonyl (C=O) groups is 2. The highest BCUT2D eigenvalue weighted by molar-refractivity contribution is 5.89. The first-order valence-electron chi connectivity index (χ1n) is 13.1. The van der Waals surface area contributed by atoms with Crippen molar-refractivity contribution < 1.29 is 9.59 Å². The molecule has 39 heavy (non-hydrogen) atoms. The topological polar surface area (TPSA) is 66.4 Å². The smallest absolute Gasteiger partial charge is 0.246 e. The third kappa shape index (κ3) is 6.93. The zero-order valence-corrected chi connectivity index (χ0v) is 21.7. The van der Waals surface area contributed by atoms with E-state index in [0.29, 0.717) is 26.2 Å². The number of fused-ring (bicyclic) bond motifs is 2. The van der Waals surface area contributed by atoms with Crippen LogP contribution in [0.5, 0.6) is 0 Å². The van der Waals surface area contributed by atoms with Crippen LogP contribution in [0.4, 0.5) is 0 Å². The van der Waals surface area contributed by atoms with Crippen LogP contribution >= 0.6 is 0 Å². The summed E-state index contributed by atoms with van der Waals surface area (Å²) in [4.78, 5) is 37.9. The minimum absolute atomic E-state index is 0.0481. The highest BCUT2D eigenvalue weighted by atomic mass is 16.2. The molecule has 0 unspecified atom stereocenters. The van der Waals surface area contributed by atoms with Gasteiger partial charge in [0.2, 0.25) is 11.8 Å². The van der Waals surface area contributed by atoms with Crippen LogP contribution in [-0.2, 0) is 9.59 Å². The second-order valence-corrected chi connectivity index (χ2v) is 9.36. The number of nitrogens with zero attached hydrogens (tertiary/aromatic N) is 4. The molecule has 0 N–H and O–H groups in total. The van der Waals surface area contributed by atoms with Gasteiger partial charge in [-0.25, -0.2) is 0 Å². The van der Waals surface area contributed by atoms with Gasteiger partial charge in [0.15, 0.2) is 0 Å². The van der Waals surface area contributed by atoms with Crippen molar-refractivity contribution in [3.05, 3.63) is 121 Å². The number of benzene rings is 2. The van der Waals surface area contributed by atoms with E-state index in [9.17, 15) is 9.59 Å². The lowest BCUT2D eigenvalue weighted by molar-refractivity contribution is -0.128. The molecule has 1 fully saturated rings. The third-order valence-corrected chi connectivity index (χ3v) is 6.62. The van der Waals surface area contributed by atoms with Crippen molar-refractivity contribution in [1.29, 1.82) is 0 Å². The summed E-state index contributed by atoms with van der Waals surface area (Å²) in [6.07, 6.45) is 18.6. The molecule has 2 aromatic carbocycles. The fourth-order valence-corrected chi connectivity index (χ4v) is 4.54. The minimum atomic E-state index is -0.0481. The summed E-state index contributed by atoms with van der Waals surface area (Å²) in [5.74, 6) is -0.0962. The molecule has 0 radical (unpaired) electrons. The number of amides is 2. The van der Waals surface area contributed by atoms with Gasteiger partial charge in [0.05, 0.1) is 11.0 Å². The Morgan fingerprint density at radius 2 is 1.08 bits per heavy atom. The van der Waals surface area contributed by atoms with Crippen LogP contribution in [0, 0.1) is 0 Å². The predicted molar refractivity (Wildman–Crippen MR) is 158 cm³/mol. The standard InChI is InChI=1S/C33H30N4O2/c38-32(16-7-1-10-26-22-28-12-3-5-14-30(28)34-24-26)36-18-9-19-37(21-20-36)33(39)17-8-2-11-27-23-29-13-4-6-15-31(29)35-25-27/h1-8,10-17,22-25H,9,18-21H2/b10-1+,11-2+,16-7+,17-8+. The molecule has 1 aliphatic rings. The summed E-state index contributed by atoms with van der Waals surface area (Å²) in [6.45, 7) is 2.28. The Balaban J connectivity index is 1.10. The first-order valence-corrected chi connectivity index (χ1v) is 13.1. The average molecular weight is 515 g/mol. The van der Waals surface area contributed by atoms with Crippen molar-refractivity contribution >= 4 is 45.8 Å². The van der Waals surface area contributed by atoms with E-state index in [1.54, 1.807) is 34.1 Å². The Hall–Kier alpha value is -4.84. The first-order chi connectivity index (χ1) is 19.2. The van der Waals surface area contributed by atoms with Crippen molar-refractivity contribution in [2.24, 2.45) is 0 Å². The van der Waals surface area contributed by atoms with Gasteiger partial charge in [-0.3, -0.25) is 19.6 Å². The normalized spacial score (nSPS) is 14.9. The highest BCUT2D eigenvalue weighted by Gasteiger charge is 2.19. The van der Waals surface area contributed by atoms with Gasteiger partial charge in [-0.2, -0.15) is 0 Å². The van der Waals surface area contributed by atoms with Gasteiger partial charge in [0, 0.05) is 61.5 Å². The molecule has 0 aliphatic carbocycles. The summed E-state index contributed by atoms with van der Waals surface area (Å²) in [5.41, 5.74) is 3.87. The molecule has 0 spiro atoms. The number of aromatic nitrogens is 2. The molecule has 2 aromatic heterocycles. The maximum atomic E-state index is 12.7. The van der Waals surface area contributed by atoms with Gasteiger partial charge >= 0.3 is 0 Å². The van der Waals surface area contributed by atoms with E-state index in [4.69, 9.17) is 0 Å². The molecule has 0 bridgehead atoms. The zero-order valence-electron chi connectivity index (χ0n) is 21.7. The van der Waals surface area contributed by atoms with Gasteiger partial charge in [0.1, 0.15) is 0 Å². The number of para-hydroxylation sites is 2. The quantitative estimate of drug-likeness (QED) is 0.245. The molecule has 194 valence electrons. The van der Waals surface area contributed by atoms with Crippen molar-refractivity contribution in [1.82, 2.24) is 19.8 Å². The molecule has 1 aliphatic heterocycles. The number of hydrogen-bond donors (Lipinski definition) is 0. The monoisotopic (exact) mass is 514 g/mol. The van der Waals surface area contributed by atoms with E-state index < -0.39 is 0 Å². The molecule has 6 nitrogen and oxygen atoms in total. The number of carbonyl (C=O) groups excluding carboxylic acids is 2.